The van der Waals surface area contributed by atoms with Gasteiger partial charge in [0.05, 0.1) is 24.6 Å². The molecule has 0 aliphatic heterocycles. The summed E-state index contributed by atoms with van der Waals surface area (Å²) in [6.07, 6.45) is 3.03. The molecule has 0 spiro atoms. The molecule has 0 aliphatic rings. The van der Waals surface area contributed by atoms with Crippen molar-refractivity contribution in [1.29, 1.82) is 0 Å². The van der Waals surface area contributed by atoms with Crippen molar-refractivity contribution in [3.8, 4) is 11.6 Å². The Hall–Kier alpha value is -2.57. The van der Waals surface area contributed by atoms with Crippen molar-refractivity contribution < 1.29 is 14.3 Å². The van der Waals surface area contributed by atoms with E-state index in [0.29, 0.717) is 23.1 Å². The molecule has 3 aromatic heterocycles. The molecule has 0 unspecified atom stereocenters. The first-order chi connectivity index (χ1) is 8.22. The number of imidazole rings is 1. The van der Waals surface area contributed by atoms with Crippen LogP contribution in [0.2, 0.25) is 0 Å². The van der Waals surface area contributed by atoms with Gasteiger partial charge in [-0.15, -0.1) is 0 Å². The van der Waals surface area contributed by atoms with Crippen LogP contribution < -0.4 is 0 Å². The van der Waals surface area contributed by atoms with Gasteiger partial charge in [0.25, 0.3) is 5.78 Å². The number of furan rings is 1. The number of carboxylic acid groups (broad SMARTS) is 1. The summed E-state index contributed by atoms with van der Waals surface area (Å²) in [5.41, 5.74) is 0.460. The van der Waals surface area contributed by atoms with E-state index in [1.54, 1.807) is 29.1 Å². The van der Waals surface area contributed by atoms with E-state index in [0.717, 1.165) is 0 Å². The number of hydrogen-bond acceptors (Lipinski definition) is 4. The van der Waals surface area contributed by atoms with Gasteiger partial charge in [0.1, 0.15) is 0 Å². The second-order valence-electron chi connectivity index (χ2n) is 3.52. The molecule has 86 valence electrons. The molecule has 0 saturated heterocycles. The minimum atomic E-state index is -0.919. The van der Waals surface area contributed by atoms with Gasteiger partial charge in [0.15, 0.2) is 11.6 Å². The van der Waals surface area contributed by atoms with Gasteiger partial charge < -0.3 is 9.52 Å². The lowest BCUT2D eigenvalue weighted by Crippen LogP contribution is -2.00. The maximum absolute atomic E-state index is 10.5. The van der Waals surface area contributed by atoms with Gasteiger partial charge in [-0.05, 0) is 12.1 Å². The molecule has 0 fully saturated rings. The van der Waals surface area contributed by atoms with Crippen molar-refractivity contribution >= 4 is 11.7 Å². The summed E-state index contributed by atoms with van der Waals surface area (Å²) in [5.74, 6) is 0.666. The van der Waals surface area contributed by atoms with Crippen LogP contribution in [-0.4, -0.2) is 30.7 Å². The van der Waals surface area contributed by atoms with Crippen LogP contribution in [0.25, 0.3) is 17.4 Å². The van der Waals surface area contributed by atoms with Gasteiger partial charge in [0.2, 0.25) is 0 Å². The molecule has 0 amide bonds. The first-order valence-electron chi connectivity index (χ1n) is 4.92. The fraction of sp³-hybridized carbons (Fsp3) is 0.100. The smallest absolute Gasteiger partial charge is 0.309 e. The van der Waals surface area contributed by atoms with Crippen molar-refractivity contribution in [1.82, 2.24) is 19.6 Å². The van der Waals surface area contributed by atoms with Crippen molar-refractivity contribution in [2.75, 3.05) is 0 Å². The summed E-state index contributed by atoms with van der Waals surface area (Å²) in [4.78, 5) is 18.8. The van der Waals surface area contributed by atoms with E-state index in [-0.39, 0.29) is 6.42 Å². The molecule has 0 atom stereocenters. The Labute approximate surface area is 94.7 Å². The van der Waals surface area contributed by atoms with E-state index in [1.807, 2.05) is 0 Å². The Kier molecular flexibility index (Phi) is 1.97. The minimum absolute atomic E-state index is 0.118. The SMILES string of the molecule is O=C(O)Cc1cn2[nH]c(-c3ccco3)nc2n1. The Morgan fingerprint density at radius 2 is 2.41 bits per heavy atom. The predicted molar refractivity (Wildman–Crippen MR) is 56.4 cm³/mol. The van der Waals surface area contributed by atoms with E-state index in [4.69, 9.17) is 9.52 Å². The number of aromatic amines is 1. The predicted octanol–water partition coefficient (Wildman–Crippen LogP) is 0.944. The van der Waals surface area contributed by atoms with Gasteiger partial charge in [-0.1, -0.05) is 0 Å². The largest absolute Gasteiger partial charge is 0.481 e. The van der Waals surface area contributed by atoms with Crippen molar-refractivity contribution in [2.45, 2.75) is 6.42 Å². The molecule has 2 N–H and O–H groups in total. The molecular weight excluding hydrogens is 224 g/mol. The first-order valence-corrected chi connectivity index (χ1v) is 4.92. The van der Waals surface area contributed by atoms with Gasteiger partial charge >= 0.3 is 5.97 Å². The lowest BCUT2D eigenvalue weighted by molar-refractivity contribution is -0.136. The molecule has 3 rings (SSSR count). The Balaban J connectivity index is 1.99. The van der Waals surface area contributed by atoms with E-state index in [1.165, 1.54) is 0 Å². The minimum Gasteiger partial charge on any atom is -0.481 e. The number of nitrogens with one attached hydrogen (secondary N) is 1. The average Bonchev–Trinajstić information content (AvgIpc) is 2.86. The number of nitrogens with zero attached hydrogens (tertiary/aromatic N) is 3. The third-order valence-corrected chi connectivity index (χ3v) is 2.26. The van der Waals surface area contributed by atoms with Gasteiger partial charge in [0, 0.05) is 0 Å². The fourth-order valence-corrected chi connectivity index (χ4v) is 1.58. The average molecular weight is 232 g/mol. The highest BCUT2D eigenvalue weighted by atomic mass is 16.4. The second-order valence-corrected chi connectivity index (χ2v) is 3.52. The number of aliphatic carboxylic acids is 1. The molecular formula is C10H8N4O3. The van der Waals surface area contributed by atoms with Crippen molar-refractivity contribution in [2.24, 2.45) is 0 Å². The van der Waals surface area contributed by atoms with Crippen LogP contribution in [0.15, 0.2) is 29.0 Å². The molecule has 17 heavy (non-hydrogen) atoms. The summed E-state index contributed by atoms with van der Waals surface area (Å²) >= 11 is 0. The third-order valence-electron chi connectivity index (χ3n) is 2.26. The van der Waals surface area contributed by atoms with E-state index in [2.05, 4.69) is 15.1 Å². The van der Waals surface area contributed by atoms with Crippen LogP contribution in [0.5, 0.6) is 0 Å². The summed E-state index contributed by atoms with van der Waals surface area (Å²) in [5, 5.41) is 11.6. The number of fused-ring (bicyclic) bond motifs is 1. The highest BCUT2D eigenvalue weighted by Crippen LogP contribution is 2.16. The van der Waals surface area contributed by atoms with Crippen LogP contribution in [0, 0.1) is 0 Å². The number of H-pyrrole nitrogens is 1. The molecule has 0 saturated carbocycles. The van der Waals surface area contributed by atoms with Gasteiger partial charge in [-0.25, -0.2) is 9.50 Å². The lowest BCUT2D eigenvalue weighted by Gasteiger charge is -1.88. The van der Waals surface area contributed by atoms with Gasteiger partial charge in [-0.2, -0.15) is 4.98 Å². The molecule has 3 heterocycles. The highest BCUT2D eigenvalue weighted by Gasteiger charge is 2.11. The molecule has 0 aliphatic carbocycles. The van der Waals surface area contributed by atoms with Crippen LogP contribution in [0.1, 0.15) is 5.69 Å². The number of aromatic nitrogens is 4. The topological polar surface area (TPSA) is 96.4 Å². The number of carboxylic acids is 1. The number of hydrogen-bond donors (Lipinski definition) is 2. The maximum Gasteiger partial charge on any atom is 0.309 e. The number of rotatable bonds is 3. The summed E-state index contributed by atoms with van der Waals surface area (Å²) in [6, 6.07) is 3.53. The summed E-state index contributed by atoms with van der Waals surface area (Å²) < 4.78 is 6.75. The standard InChI is InChI=1S/C10H8N4O3/c15-8(16)4-6-5-14-10(11-6)12-9(13-14)7-2-1-3-17-7/h1-3,5H,4H2,(H,15,16)(H,11,12,13). The van der Waals surface area contributed by atoms with Crippen LogP contribution in [0.3, 0.4) is 0 Å². The third kappa shape index (κ3) is 1.67. The quantitative estimate of drug-likeness (QED) is 0.700. The lowest BCUT2D eigenvalue weighted by atomic mass is 10.3. The summed E-state index contributed by atoms with van der Waals surface area (Å²) in [6.45, 7) is 0. The molecule has 7 heteroatoms. The van der Waals surface area contributed by atoms with Crippen LogP contribution >= 0.6 is 0 Å². The van der Waals surface area contributed by atoms with Gasteiger partial charge in [-0.3, -0.25) is 9.89 Å². The maximum atomic E-state index is 10.5. The molecule has 0 radical (unpaired) electrons. The zero-order chi connectivity index (χ0) is 11.8. The normalized spacial score (nSPS) is 11.1. The van der Waals surface area contributed by atoms with E-state index in [9.17, 15) is 4.79 Å². The molecule has 0 aromatic carbocycles. The van der Waals surface area contributed by atoms with Crippen LogP contribution in [-0.2, 0) is 11.2 Å². The van der Waals surface area contributed by atoms with E-state index < -0.39 is 5.97 Å². The monoisotopic (exact) mass is 232 g/mol. The fourth-order valence-electron chi connectivity index (χ4n) is 1.58. The molecule has 7 nitrogen and oxygen atoms in total. The molecule has 3 aromatic rings. The highest BCUT2D eigenvalue weighted by molar-refractivity contribution is 5.69. The number of carbonyl (C=O) groups is 1. The van der Waals surface area contributed by atoms with Crippen LogP contribution in [0.4, 0.5) is 0 Å². The zero-order valence-corrected chi connectivity index (χ0v) is 8.62. The first kappa shape index (κ1) is 9.64. The van der Waals surface area contributed by atoms with E-state index >= 15 is 0 Å². The Morgan fingerprint density at radius 3 is 3.06 bits per heavy atom. The zero-order valence-electron chi connectivity index (χ0n) is 8.62. The van der Waals surface area contributed by atoms with Crippen molar-refractivity contribution in [3.63, 3.8) is 0 Å². The summed E-state index contributed by atoms with van der Waals surface area (Å²) in [7, 11) is 0. The second kappa shape index (κ2) is 3.48. The van der Waals surface area contributed by atoms with Crippen molar-refractivity contribution in [3.05, 3.63) is 30.3 Å². The molecule has 0 bridgehead atoms. The Morgan fingerprint density at radius 1 is 1.53 bits per heavy atom. The Bertz CT molecular complexity index is 633.